The van der Waals surface area contributed by atoms with Gasteiger partial charge in [0.05, 0.1) is 7.11 Å². The summed E-state index contributed by atoms with van der Waals surface area (Å²) in [6.45, 7) is 1.99. The Morgan fingerprint density at radius 3 is 2.29 bits per heavy atom. The molecule has 1 N–H and O–H groups in total. The van der Waals surface area contributed by atoms with Crippen LogP contribution in [0.5, 0.6) is 5.75 Å². The molecule has 1 unspecified atom stereocenters. The summed E-state index contributed by atoms with van der Waals surface area (Å²) in [6, 6.07) is 9.82. The summed E-state index contributed by atoms with van der Waals surface area (Å²) in [7, 11) is 3.09. The van der Waals surface area contributed by atoms with Crippen molar-refractivity contribution in [3.63, 3.8) is 0 Å². The number of methoxy groups -OCH3 is 1. The van der Waals surface area contributed by atoms with Crippen LogP contribution >= 0.6 is 0 Å². The lowest BCUT2D eigenvalue weighted by Crippen LogP contribution is -2.22. The summed E-state index contributed by atoms with van der Waals surface area (Å²) in [5, 5.41) is 2.99. The first-order valence-electron chi connectivity index (χ1n) is 6.81. The number of aryl methyl sites for hydroxylation is 1. The number of halogens is 2. The van der Waals surface area contributed by atoms with Gasteiger partial charge in [-0.2, -0.15) is 0 Å². The molecule has 0 aliphatic heterocycles. The first kappa shape index (κ1) is 15.4. The van der Waals surface area contributed by atoms with Crippen LogP contribution in [0.2, 0.25) is 0 Å². The summed E-state index contributed by atoms with van der Waals surface area (Å²) >= 11 is 0. The van der Waals surface area contributed by atoms with Crippen molar-refractivity contribution in [3.8, 4) is 5.75 Å². The van der Waals surface area contributed by atoms with Gasteiger partial charge in [0.2, 0.25) is 0 Å². The lowest BCUT2D eigenvalue weighted by molar-refractivity contribution is 0.401. The number of ether oxygens (including phenoxy) is 1. The minimum atomic E-state index is -0.597. The van der Waals surface area contributed by atoms with E-state index >= 15 is 0 Å². The number of hydrogen-bond donors (Lipinski definition) is 1. The van der Waals surface area contributed by atoms with E-state index in [1.165, 1.54) is 19.2 Å². The van der Waals surface area contributed by atoms with Gasteiger partial charge in [0.1, 0.15) is 17.4 Å². The third-order valence-corrected chi connectivity index (χ3v) is 3.67. The molecular formula is C17H19F2NO. The fraction of sp³-hybridized carbons (Fsp3) is 0.294. The third-order valence-electron chi connectivity index (χ3n) is 3.67. The van der Waals surface area contributed by atoms with Crippen molar-refractivity contribution >= 4 is 0 Å². The van der Waals surface area contributed by atoms with Gasteiger partial charge in [0, 0.05) is 23.7 Å². The van der Waals surface area contributed by atoms with Crippen LogP contribution in [0, 0.1) is 18.6 Å². The Balaban J connectivity index is 2.36. The molecule has 0 radical (unpaired) electrons. The summed E-state index contributed by atoms with van der Waals surface area (Å²) in [5.41, 5.74) is 2.21. The smallest absolute Gasteiger partial charge is 0.134 e. The second kappa shape index (κ2) is 6.68. The zero-order valence-electron chi connectivity index (χ0n) is 12.4. The van der Waals surface area contributed by atoms with Gasteiger partial charge in [0.25, 0.3) is 0 Å². The van der Waals surface area contributed by atoms with Crippen LogP contribution in [0.1, 0.15) is 22.7 Å². The average molecular weight is 291 g/mol. The van der Waals surface area contributed by atoms with Gasteiger partial charge < -0.3 is 10.1 Å². The zero-order chi connectivity index (χ0) is 15.4. The van der Waals surface area contributed by atoms with Crippen molar-refractivity contribution in [1.82, 2.24) is 5.32 Å². The Labute approximate surface area is 123 Å². The maximum atomic E-state index is 14.2. The first-order chi connectivity index (χ1) is 10.1. The SMILES string of the molecule is CNC(Cc1ccccc1C)c1c(F)cc(OC)cc1F. The third kappa shape index (κ3) is 3.39. The van der Waals surface area contributed by atoms with Gasteiger partial charge in [-0.05, 0) is 31.5 Å². The van der Waals surface area contributed by atoms with Crippen molar-refractivity contribution < 1.29 is 13.5 Å². The van der Waals surface area contributed by atoms with E-state index in [1.54, 1.807) is 7.05 Å². The molecular weight excluding hydrogens is 272 g/mol. The van der Waals surface area contributed by atoms with Crippen LogP contribution in [-0.4, -0.2) is 14.2 Å². The molecule has 2 nitrogen and oxygen atoms in total. The number of rotatable bonds is 5. The molecule has 0 spiro atoms. The molecule has 2 rings (SSSR count). The number of likely N-dealkylation sites (N-methyl/N-ethyl adjacent to an activating group) is 1. The van der Waals surface area contributed by atoms with Crippen molar-refractivity contribution in [2.75, 3.05) is 14.2 Å². The van der Waals surface area contributed by atoms with Crippen molar-refractivity contribution in [1.29, 1.82) is 0 Å². The predicted molar refractivity (Wildman–Crippen MR) is 79.6 cm³/mol. The number of benzene rings is 2. The highest BCUT2D eigenvalue weighted by Crippen LogP contribution is 2.28. The lowest BCUT2D eigenvalue weighted by Gasteiger charge is -2.20. The normalized spacial score (nSPS) is 12.2. The van der Waals surface area contributed by atoms with E-state index in [-0.39, 0.29) is 11.3 Å². The van der Waals surface area contributed by atoms with Crippen LogP contribution in [0.3, 0.4) is 0 Å². The van der Waals surface area contributed by atoms with Crippen molar-refractivity contribution in [3.05, 3.63) is 64.7 Å². The van der Waals surface area contributed by atoms with E-state index in [0.717, 1.165) is 11.1 Å². The van der Waals surface area contributed by atoms with Crippen LogP contribution in [0.15, 0.2) is 36.4 Å². The summed E-state index contributed by atoms with van der Waals surface area (Å²) in [4.78, 5) is 0. The molecule has 0 amide bonds. The molecule has 0 saturated carbocycles. The Hall–Kier alpha value is -1.94. The highest BCUT2D eigenvalue weighted by atomic mass is 19.1. The maximum Gasteiger partial charge on any atom is 0.134 e. The number of hydrogen-bond acceptors (Lipinski definition) is 2. The molecule has 0 heterocycles. The second-order valence-electron chi connectivity index (χ2n) is 4.98. The minimum Gasteiger partial charge on any atom is -0.497 e. The van der Waals surface area contributed by atoms with Gasteiger partial charge in [-0.3, -0.25) is 0 Å². The Bertz CT molecular complexity index is 605. The molecule has 1 atom stereocenters. The molecule has 0 aromatic heterocycles. The van der Waals surface area contributed by atoms with Crippen LogP contribution in [0.4, 0.5) is 8.78 Å². The summed E-state index contributed by atoms with van der Waals surface area (Å²) in [5.74, 6) is -1.01. The average Bonchev–Trinajstić information content (AvgIpc) is 2.47. The molecule has 0 aliphatic rings. The zero-order valence-corrected chi connectivity index (χ0v) is 12.4. The summed E-state index contributed by atoms with van der Waals surface area (Å²) in [6.07, 6.45) is 0.517. The van der Waals surface area contributed by atoms with Crippen molar-refractivity contribution in [2.24, 2.45) is 0 Å². The van der Waals surface area contributed by atoms with Crippen LogP contribution in [-0.2, 0) is 6.42 Å². The largest absolute Gasteiger partial charge is 0.497 e. The topological polar surface area (TPSA) is 21.3 Å². The quantitative estimate of drug-likeness (QED) is 0.905. The van der Waals surface area contributed by atoms with Gasteiger partial charge in [-0.15, -0.1) is 0 Å². The van der Waals surface area contributed by atoms with Crippen molar-refractivity contribution in [2.45, 2.75) is 19.4 Å². The molecule has 0 saturated heterocycles. The van der Waals surface area contributed by atoms with E-state index in [9.17, 15) is 8.78 Å². The molecule has 2 aromatic carbocycles. The van der Waals surface area contributed by atoms with Gasteiger partial charge >= 0.3 is 0 Å². The van der Waals surface area contributed by atoms with E-state index in [0.29, 0.717) is 6.42 Å². The fourth-order valence-corrected chi connectivity index (χ4v) is 2.42. The number of nitrogens with one attached hydrogen (secondary N) is 1. The Morgan fingerprint density at radius 2 is 1.76 bits per heavy atom. The minimum absolute atomic E-state index is 0.0431. The Morgan fingerprint density at radius 1 is 1.14 bits per heavy atom. The molecule has 0 aliphatic carbocycles. The van der Waals surface area contributed by atoms with E-state index in [2.05, 4.69) is 5.32 Å². The Kier molecular flexibility index (Phi) is 4.91. The van der Waals surface area contributed by atoms with E-state index in [1.807, 2.05) is 31.2 Å². The summed E-state index contributed by atoms with van der Waals surface area (Å²) < 4.78 is 33.2. The van der Waals surface area contributed by atoms with E-state index in [4.69, 9.17) is 4.74 Å². The first-order valence-corrected chi connectivity index (χ1v) is 6.81. The fourth-order valence-electron chi connectivity index (χ4n) is 2.42. The standard InChI is InChI=1S/C17H19F2NO/c1-11-6-4-5-7-12(11)8-16(20-2)17-14(18)9-13(21-3)10-15(17)19/h4-7,9-10,16,20H,8H2,1-3H3. The van der Waals surface area contributed by atoms with Crippen LogP contribution < -0.4 is 10.1 Å². The second-order valence-corrected chi connectivity index (χ2v) is 4.98. The highest BCUT2D eigenvalue weighted by molar-refractivity contribution is 5.35. The molecule has 112 valence electrons. The highest BCUT2D eigenvalue weighted by Gasteiger charge is 2.21. The van der Waals surface area contributed by atoms with Gasteiger partial charge in [0.15, 0.2) is 0 Å². The predicted octanol–water partition coefficient (Wildman–Crippen LogP) is 3.79. The van der Waals surface area contributed by atoms with Gasteiger partial charge in [-0.25, -0.2) is 8.78 Å². The van der Waals surface area contributed by atoms with Gasteiger partial charge in [-0.1, -0.05) is 24.3 Å². The van der Waals surface area contributed by atoms with Crippen LogP contribution in [0.25, 0.3) is 0 Å². The monoisotopic (exact) mass is 291 g/mol. The molecule has 2 aromatic rings. The molecule has 0 fully saturated rings. The maximum absolute atomic E-state index is 14.2. The molecule has 21 heavy (non-hydrogen) atoms. The molecule has 0 bridgehead atoms. The van der Waals surface area contributed by atoms with E-state index < -0.39 is 17.7 Å². The molecule has 4 heteroatoms. The lowest BCUT2D eigenvalue weighted by atomic mass is 9.95.